The lowest BCUT2D eigenvalue weighted by Crippen LogP contribution is -2.13. The minimum absolute atomic E-state index is 0.0807. The largest absolute Gasteiger partial charge is 0.353 e. The molecule has 7 rings (SSSR count). The number of aromatic nitrogens is 4. The predicted octanol–water partition coefficient (Wildman–Crippen LogP) is 6.85. The van der Waals surface area contributed by atoms with Crippen molar-refractivity contribution in [2.75, 3.05) is 5.32 Å². The summed E-state index contributed by atoms with van der Waals surface area (Å²) in [5.41, 5.74) is 9.02. The zero-order chi connectivity index (χ0) is 23.4. The normalized spacial score (nSPS) is 13.5. The first kappa shape index (κ1) is 20.2. The van der Waals surface area contributed by atoms with Gasteiger partial charge in [-0.2, -0.15) is 16.4 Å². The summed E-state index contributed by atoms with van der Waals surface area (Å²) in [7, 11) is 0. The van der Waals surface area contributed by atoms with E-state index < -0.39 is 0 Å². The first-order valence-electron chi connectivity index (χ1n) is 11.6. The number of anilines is 1. The second-order valence-electron chi connectivity index (χ2n) is 9.02. The lowest BCUT2D eigenvalue weighted by molar-refractivity contribution is -0.117. The highest BCUT2D eigenvalue weighted by molar-refractivity contribution is 7.08. The summed E-state index contributed by atoms with van der Waals surface area (Å²) in [6, 6.07) is 18.9. The van der Waals surface area contributed by atoms with Gasteiger partial charge in [0.25, 0.3) is 0 Å². The van der Waals surface area contributed by atoms with Gasteiger partial charge in [-0.3, -0.25) is 14.9 Å². The molecule has 1 aliphatic rings. The fraction of sp³-hybridized carbons (Fsp3) is 0.107. The molecule has 2 aromatic carbocycles. The third-order valence-corrected chi connectivity index (χ3v) is 7.28. The number of nitrogens with one attached hydrogen (secondary N) is 3. The highest BCUT2D eigenvalue weighted by Crippen LogP contribution is 2.36. The zero-order valence-corrected chi connectivity index (χ0v) is 19.5. The first-order valence-corrected chi connectivity index (χ1v) is 12.6. The molecular weight excluding hydrogens is 454 g/mol. The lowest BCUT2D eigenvalue weighted by Gasteiger charge is -2.07. The minimum atomic E-state index is 0.0807. The molecule has 1 amide bonds. The Labute approximate surface area is 205 Å². The Morgan fingerprint density at radius 3 is 2.74 bits per heavy atom. The second kappa shape index (κ2) is 7.92. The summed E-state index contributed by atoms with van der Waals surface area (Å²) >= 11 is 1.70. The molecule has 0 atom stereocenters. The van der Waals surface area contributed by atoms with Crippen LogP contribution in [0.1, 0.15) is 12.8 Å². The van der Waals surface area contributed by atoms with Gasteiger partial charge in [-0.05, 0) is 76.7 Å². The van der Waals surface area contributed by atoms with Crippen LogP contribution in [-0.4, -0.2) is 26.1 Å². The van der Waals surface area contributed by atoms with Crippen molar-refractivity contribution in [2.24, 2.45) is 5.92 Å². The number of hydrogen-bond donors (Lipinski definition) is 3. The average Bonchev–Trinajstić information content (AvgIpc) is 3.26. The Bertz CT molecular complexity index is 1710. The molecule has 0 spiro atoms. The van der Waals surface area contributed by atoms with E-state index in [0.717, 1.165) is 57.5 Å². The van der Waals surface area contributed by atoms with Crippen LogP contribution in [0.3, 0.4) is 0 Å². The van der Waals surface area contributed by atoms with Crippen LogP contribution in [0, 0.1) is 5.92 Å². The maximum absolute atomic E-state index is 12.2. The molecule has 3 N–H and O–H groups in total. The van der Waals surface area contributed by atoms with Crippen LogP contribution < -0.4 is 5.32 Å². The van der Waals surface area contributed by atoms with Crippen molar-refractivity contribution in [3.8, 4) is 33.6 Å². The van der Waals surface area contributed by atoms with Crippen molar-refractivity contribution < 1.29 is 4.79 Å². The van der Waals surface area contributed by atoms with E-state index in [1.807, 2.05) is 24.4 Å². The smallest absolute Gasteiger partial charge is 0.227 e. The van der Waals surface area contributed by atoms with Gasteiger partial charge in [0.15, 0.2) is 0 Å². The van der Waals surface area contributed by atoms with E-state index in [4.69, 9.17) is 0 Å². The fourth-order valence-corrected chi connectivity index (χ4v) is 5.26. The van der Waals surface area contributed by atoms with E-state index in [9.17, 15) is 4.79 Å². The molecule has 0 radical (unpaired) electrons. The van der Waals surface area contributed by atoms with Gasteiger partial charge >= 0.3 is 0 Å². The SMILES string of the molecule is O=C(Nc1cncc(-c2ccc3[nH]nc(-c4cc5c(-c6ccsc6)cccc5[nH]4)c3c2)c1)C1CC1. The lowest BCUT2D eigenvalue weighted by atomic mass is 10.0. The third kappa shape index (κ3) is 3.61. The highest BCUT2D eigenvalue weighted by Gasteiger charge is 2.29. The standard InChI is InChI=1S/C28H21N5OS/c34-28(16-4-5-16)30-20-10-19(13-29-14-20)17-6-7-25-23(11-17)27(33-32-25)26-12-22-21(18-8-9-35-15-18)2-1-3-24(22)31-26/h1-3,6-16,31H,4-5H2,(H,30,34)(H,32,33). The van der Waals surface area contributed by atoms with E-state index in [1.54, 1.807) is 17.5 Å². The molecule has 6 aromatic rings. The number of thiophene rings is 1. The minimum Gasteiger partial charge on any atom is -0.353 e. The Kier molecular flexibility index (Phi) is 4.57. The van der Waals surface area contributed by atoms with Gasteiger partial charge in [0.2, 0.25) is 5.91 Å². The molecule has 35 heavy (non-hydrogen) atoms. The highest BCUT2D eigenvalue weighted by atomic mass is 32.1. The topological polar surface area (TPSA) is 86.5 Å². The molecule has 0 saturated heterocycles. The van der Waals surface area contributed by atoms with Crippen molar-refractivity contribution in [2.45, 2.75) is 12.8 Å². The molecule has 4 aromatic heterocycles. The van der Waals surface area contributed by atoms with Crippen LogP contribution in [0.4, 0.5) is 5.69 Å². The van der Waals surface area contributed by atoms with E-state index in [0.29, 0.717) is 0 Å². The quantitative estimate of drug-likeness (QED) is 0.255. The summed E-state index contributed by atoms with van der Waals surface area (Å²) in [4.78, 5) is 20.1. The maximum atomic E-state index is 12.2. The van der Waals surface area contributed by atoms with Crippen LogP contribution in [-0.2, 0) is 4.79 Å². The molecule has 4 heterocycles. The van der Waals surface area contributed by atoms with Crippen LogP contribution in [0.15, 0.2) is 77.8 Å². The van der Waals surface area contributed by atoms with Crippen LogP contribution in [0.25, 0.3) is 55.4 Å². The van der Waals surface area contributed by atoms with Crippen LogP contribution >= 0.6 is 11.3 Å². The summed E-state index contributed by atoms with van der Waals surface area (Å²) in [5.74, 6) is 0.234. The summed E-state index contributed by atoms with van der Waals surface area (Å²) < 4.78 is 0. The molecule has 0 unspecified atom stereocenters. The van der Waals surface area contributed by atoms with Gasteiger partial charge in [-0.1, -0.05) is 18.2 Å². The number of aromatic amines is 2. The molecule has 6 nitrogen and oxygen atoms in total. The van der Waals surface area contributed by atoms with Crippen LogP contribution in [0.2, 0.25) is 0 Å². The Balaban J connectivity index is 1.29. The number of carbonyl (C=O) groups is 1. The number of H-pyrrole nitrogens is 2. The van der Waals surface area contributed by atoms with Crippen molar-refractivity contribution in [1.82, 2.24) is 20.2 Å². The van der Waals surface area contributed by atoms with E-state index >= 15 is 0 Å². The van der Waals surface area contributed by atoms with E-state index in [2.05, 4.69) is 72.6 Å². The molecule has 170 valence electrons. The molecule has 7 heteroatoms. The van der Waals surface area contributed by atoms with Gasteiger partial charge in [0.05, 0.1) is 23.1 Å². The molecule has 1 aliphatic carbocycles. The van der Waals surface area contributed by atoms with Gasteiger partial charge in [-0.15, -0.1) is 0 Å². The van der Waals surface area contributed by atoms with Crippen molar-refractivity contribution in [1.29, 1.82) is 0 Å². The Morgan fingerprint density at radius 1 is 0.943 bits per heavy atom. The second-order valence-corrected chi connectivity index (χ2v) is 9.80. The number of carbonyl (C=O) groups excluding carboxylic acids is 1. The molecule has 0 aliphatic heterocycles. The fourth-order valence-electron chi connectivity index (χ4n) is 4.61. The number of nitrogens with zero attached hydrogens (tertiary/aromatic N) is 2. The molecular formula is C28H21N5OS. The molecule has 1 saturated carbocycles. The zero-order valence-electron chi connectivity index (χ0n) is 18.7. The molecule has 1 fully saturated rings. The third-order valence-electron chi connectivity index (χ3n) is 6.60. The van der Waals surface area contributed by atoms with E-state index in [-0.39, 0.29) is 11.8 Å². The predicted molar refractivity (Wildman–Crippen MR) is 141 cm³/mol. The monoisotopic (exact) mass is 475 g/mol. The Morgan fingerprint density at radius 2 is 1.89 bits per heavy atom. The van der Waals surface area contributed by atoms with Crippen molar-refractivity contribution in [3.05, 3.63) is 77.8 Å². The number of hydrogen-bond acceptors (Lipinski definition) is 4. The number of benzene rings is 2. The number of amides is 1. The van der Waals surface area contributed by atoms with Crippen molar-refractivity contribution in [3.63, 3.8) is 0 Å². The van der Waals surface area contributed by atoms with Crippen molar-refractivity contribution >= 4 is 44.7 Å². The van der Waals surface area contributed by atoms with Gasteiger partial charge in [-0.25, -0.2) is 0 Å². The summed E-state index contributed by atoms with van der Waals surface area (Å²) in [5, 5.41) is 17.3. The maximum Gasteiger partial charge on any atom is 0.227 e. The van der Waals surface area contributed by atoms with Gasteiger partial charge in [0, 0.05) is 34.0 Å². The average molecular weight is 476 g/mol. The summed E-state index contributed by atoms with van der Waals surface area (Å²) in [6.07, 6.45) is 5.47. The van der Waals surface area contributed by atoms with Gasteiger partial charge < -0.3 is 10.3 Å². The summed E-state index contributed by atoms with van der Waals surface area (Å²) in [6.45, 7) is 0. The number of rotatable bonds is 5. The first-order chi connectivity index (χ1) is 17.2. The number of fused-ring (bicyclic) bond motifs is 2. The Hall–Kier alpha value is -4.23. The van der Waals surface area contributed by atoms with Gasteiger partial charge in [0.1, 0.15) is 5.69 Å². The van der Waals surface area contributed by atoms with Crippen LogP contribution in [0.5, 0.6) is 0 Å². The number of pyridine rings is 1. The molecule has 0 bridgehead atoms. The van der Waals surface area contributed by atoms with E-state index in [1.165, 1.54) is 16.5 Å².